The number of aromatic nitrogens is 2. The lowest BCUT2D eigenvalue weighted by Gasteiger charge is -2.04. The van der Waals surface area contributed by atoms with Gasteiger partial charge in [-0.2, -0.15) is 0 Å². The van der Waals surface area contributed by atoms with Gasteiger partial charge in [0.15, 0.2) is 0 Å². The van der Waals surface area contributed by atoms with E-state index in [1.54, 1.807) is 0 Å². The van der Waals surface area contributed by atoms with Crippen molar-refractivity contribution in [3.63, 3.8) is 0 Å². The van der Waals surface area contributed by atoms with Gasteiger partial charge in [0.25, 0.3) is 0 Å². The van der Waals surface area contributed by atoms with Crippen LogP contribution in [0, 0.1) is 7.40 Å². The van der Waals surface area contributed by atoms with Gasteiger partial charge in [-0.3, -0.25) is 0 Å². The molecule has 5 heteroatoms. The Morgan fingerprint density at radius 1 is 1.33 bits per heavy atom. The Morgan fingerprint density at radius 3 is 2.73 bits per heavy atom. The molecule has 0 aliphatic carbocycles. The maximum atomic E-state index is 4.27. The summed E-state index contributed by atoms with van der Waals surface area (Å²) in [6, 6.07) is 8.33. The molecular weight excluding hydrogens is 482 g/mol. The van der Waals surface area contributed by atoms with E-state index in [1.807, 2.05) is 18.5 Å². The zero-order valence-electron chi connectivity index (χ0n) is 7.62. The summed E-state index contributed by atoms with van der Waals surface area (Å²) >= 11 is 8.03. The number of hydrogen-bond donors (Lipinski definition) is 0. The van der Waals surface area contributed by atoms with Crippen LogP contribution in [0.3, 0.4) is 0 Å². The van der Waals surface area contributed by atoms with Crippen molar-refractivity contribution in [2.24, 2.45) is 0 Å². The van der Waals surface area contributed by atoms with Crippen LogP contribution >= 0.6 is 61.1 Å². The second kappa shape index (κ2) is 5.13. The van der Waals surface area contributed by atoms with Gasteiger partial charge in [-0.1, -0.05) is 28.1 Å². The molecule has 2 aromatic rings. The Morgan fingerprint density at radius 2 is 2.13 bits per heavy atom. The van der Waals surface area contributed by atoms with Crippen molar-refractivity contribution in [1.29, 1.82) is 0 Å². The number of halogens is 3. The van der Waals surface area contributed by atoms with Crippen LogP contribution in [-0.2, 0) is 6.54 Å². The number of nitrogens with zero attached hydrogens (tertiary/aromatic N) is 2. The van der Waals surface area contributed by atoms with E-state index < -0.39 is 0 Å². The molecule has 0 bridgehead atoms. The molecule has 15 heavy (non-hydrogen) atoms. The first-order valence-electron chi connectivity index (χ1n) is 4.27. The average molecular weight is 489 g/mol. The van der Waals surface area contributed by atoms with Gasteiger partial charge in [0.05, 0.1) is 6.33 Å². The van der Waals surface area contributed by atoms with E-state index in [4.69, 9.17) is 0 Å². The second-order valence-electron chi connectivity index (χ2n) is 3.08. The molecule has 0 saturated heterocycles. The minimum atomic E-state index is 0.869. The van der Waals surface area contributed by atoms with Gasteiger partial charge in [0.2, 0.25) is 0 Å². The maximum absolute atomic E-state index is 4.27. The first-order valence-corrected chi connectivity index (χ1v) is 7.22. The van der Waals surface area contributed by atoms with Crippen LogP contribution in [0.1, 0.15) is 5.56 Å². The SMILES string of the molecule is Brc1cccc(Cn2cnc(I)c2I)c1. The highest BCUT2D eigenvalue weighted by molar-refractivity contribution is 14.1. The molecule has 2 nitrogen and oxygen atoms in total. The fraction of sp³-hybridized carbons (Fsp3) is 0.100. The quantitative estimate of drug-likeness (QED) is 0.586. The highest BCUT2D eigenvalue weighted by atomic mass is 127. The predicted molar refractivity (Wildman–Crippen MR) is 80.9 cm³/mol. The third-order valence-corrected chi connectivity index (χ3v) is 5.42. The summed E-state index contributed by atoms with van der Waals surface area (Å²) in [5.41, 5.74) is 1.27. The molecule has 0 radical (unpaired) electrons. The van der Waals surface area contributed by atoms with Crippen molar-refractivity contribution in [3.05, 3.63) is 48.0 Å². The molecule has 1 aromatic heterocycles. The van der Waals surface area contributed by atoms with Gasteiger partial charge < -0.3 is 4.57 Å². The lowest BCUT2D eigenvalue weighted by atomic mass is 10.2. The number of benzene rings is 1. The second-order valence-corrected chi connectivity index (χ2v) is 6.04. The van der Waals surface area contributed by atoms with Gasteiger partial charge in [0.1, 0.15) is 7.40 Å². The molecule has 0 fully saturated rings. The van der Waals surface area contributed by atoms with E-state index in [9.17, 15) is 0 Å². The van der Waals surface area contributed by atoms with E-state index in [2.05, 4.69) is 82.8 Å². The summed E-state index contributed by atoms with van der Waals surface area (Å²) < 4.78 is 5.51. The molecule has 2 rings (SSSR count). The third kappa shape index (κ3) is 2.94. The molecule has 0 aliphatic rings. The Hall–Kier alpha value is 0.370. The number of hydrogen-bond acceptors (Lipinski definition) is 1. The summed E-state index contributed by atoms with van der Waals surface area (Å²) in [7, 11) is 0. The van der Waals surface area contributed by atoms with E-state index in [1.165, 1.54) is 9.26 Å². The van der Waals surface area contributed by atoms with Gasteiger partial charge in [-0.15, -0.1) is 0 Å². The maximum Gasteiger partial charge on any atom is 0.132 e. The van der Waals surface area contributed by atoms with Crippen molar-refractivity contribution in [3.8, 4) is 0 Å². The van der Waals surface area contributed by atoms with Crippen LogP contribution in [0.5, 0.6) is 0 Å². The van der Waals surface area contributed by atoms with Gasteiger partial charge >= 0.3 is 0 Å². The zero-order chi connectivity index (χ0) is 10.8. The third-order valence-electron chi connectivity index (χ3n) is 1.97. The standard InChI is InChI=1S/C10H7BrI2N2/c11-8-3-1-2-7(4-8)5-15-6-14-9(12)10(15)13/h1-4,6H,5H2. The Labute approximate surface area is 124 Å². The van der Waals surface area contributed by atoms with Crippen LogP contribution < -0.4 is 0 Å². The summed E-state index contributed by atoms with van der Waals surface area (Å²) in [5, 5.41) is 0. The van der Waals surface area contributed by atoms with Crippen molar-refractivity contribution in [2.75, 3.05) is 0 Å². The summed E-state index contributed by atoms with van der Waals surface area (Å²) in [6.07, 6.45) is 1.88. The van der Waals surface area contributed by atoms with Crippen molar-refractivity contribution in [1.82, 2.24) is 9.55 Å². The van der Waals surface area contributed by atoms with Gasteiger partial charge in [-0.05, 0) is 62.9 Å². The predicted octanol–water partition coefficient (Wildman–Crippen LogP) is 3.90. The monoisotopic (exact) mass is 488 g/mol. The zero-order valence-corrected chi connectivity index (χ0v) is 13.5. The molecule has 0 atom stereocenters. The molecule has 1 aromatic carbocycles. The van der Waals surface area contributed by atoms with Gasteiger partial charge in [-0.25, -0.2) is 4.98 Å². The molecule has 1 heterocycles. The lowest BCUT2D eigenvalue weighted by Crippen LogP contribution is -2.00. The fourth-order valence-electron chi connectivity index (χ4n) is 1.29. The van der Waals surface area contributed by atoms with Gasteiger partial charge in [0, 0.05) is 11.0 Å². The molecular formula is C10H7BrI2N2. The average Bonchev–Trinajstić information content (AvgIpc) is 2.50. The largest absolute Gasteiger partial charge is 0.321 e. The minimum Gasteiger partial charge on any atom is -0.321 e. The van der Waals surface area contributed by atoms with Crippen molar-refractivity contribution < 1.29 is 0 Å². The first-order chi connectivity index (χ1) is 7.16. The Bertz CT molecular complexity index is 482. The summed E-state index contributed by atoms with van der Waals surface area (Å²) in [5.74, 6) is 0. The number of rotatable bonds is 2. The normalized spacial score (nSPS) is 10.6. The summed E-state index contributed by atoms with van der Waals surface area (Å²) in [6.45, 7) is 0.869. The van der Waals surface area contributed by atoms with Crippen LogP contribution in [0.15, 0.2) is 35.1 Å². The first kappa shape index (κ1) is 11.8. The highest BCUT2D eigenvalue weighted by Crippen LogP contribution is 2.17. The van der Waals surface area contributed by atoms with E-state index in [-0.39, 0.29) is 0 Å². The highest BCUT2D eigenvalue weighted by Gasteiger charge is 2.05. The number of imidazole rings is 1. The minimum absolute atomic E-state index is 0.869. The molecule has 0 unspecified atom stereocenters. The molecule has 0 N–H and O–H groups in total. The van der Waals surface area contributed by atoms with E-state index in [0.717, 1.165) is 14.7 Å². The van der Waals surface area contributed by atoms with Crippen LogP contribution in [0.2, 0.25) is 0 Å². The van der Waals surface area contributed by atoms with E-state index >= 15 is 0 Å². The molecule has 0 saturated carbocycles. The van der Waals surface area contributed by atoms with E-state index in [0.29, 0.717) is 0 Å². The summed E-state index contributed by atoms with van der Waals surface area (Å²) in [4.78, 5) is 4.27. The van der Waals surface area contributed by atoms with Crippen LogP contribution in [-0.4, -0.2) is 9.55 Å². The fourth-order valence-corrected chi connectivity index (χ4v) is 2.60. The molecule has 0 aliphatic heterocycles. The van der Waals surface area contributed by atoms with Crippen LogP contribution in [0.25, 0.3) is 0 Å². The Kier molecular flexibility index (Phi) is 4.05. The molecule has 0 amide bonds. The van der Waals surface area contributed by atoms with Crippen LogP contribution in [0.4, 0.5) is 0 Å². The topological polar surface area (TPSA) is 17.8 Å². The molecule has 0 spiro atoms. The van der Waals surface area contributed by atoms with Crippen molar-refractivity contribution in [2.45, 2.75) is 6.54 Å². The lowest BCUT2D eigenvalue weighted by molar-refractivity contribution is 0.777. The smallest absolute Gasteiger partial charge is 0.132 e. The van der Waals surface area contributed by atoms with Crippen molar-refractivity contribution >= 4 is 61.1 Å². The Balaban J connectivity index is 2.26. The molecule has 78 valence electrons.